The van der Waals surface area contributed by atoms with Crippen LogP contribution in [0.25, 0.3) is 22.3 Å². The molecule has 4 aliphatic carbocycles. The molecule has 1 nitrogen and oxygen atoms in total. The molecule has 0 spiro atoms. The van der Waals surface area contributed by atoms with E-state index in [-0.39, 0.29) is 0 Å². The summed E-state index contributed by atoms with van der Waals surface area (Å²) in [4.78, 5) is 0. The zero-order valence-corrected chi connectivity index (χ0v) is 21.9. The molecule has 0 saturated carbocycles. The molecule has 8 rings (SSSR count). The first-order valence-corrected chi connectivity index (χ1v) is 14.1. The van der Waals surface area contributed by atoms with Gasteiger partial charge in [0.2, 0.25) is 0 Å². The zero-order chi connectivity index (χ0) is 26.0. The molecule has 1 heteroatoms. The number of aliphatic hydroxyl groups is 1. The Labute approximate surface area is 230 Å². The van der Waals surface area contributed by atoms with Gasteiger partial charge in [0.05, 0.1) is 0 Å². The minimum absolute atomic E-state index is 0.360. The molecule has 4 aromatic carbocycles. The van der Waals surface area contributed by atoms with Gasteiger partial charge in [-0.15, -0.1) is 0 Å². The molecular weight excluding hydrogens is 472 g/mol. The molecule has 0 radical (unpaired) electrons. The molecule has 4 aromatic rings. The fourth-order valence-electron chi connectivity index (χ4n) is 7.48. The number of benzene rings is 4. The molecule has 0 bridgehead atoms. The second-order valence-corrected chi connectivity index (χ2v) is 11.2. The minimum atomic E-state index is -1.05. The molecule has 0 fully saturated rings. The van der Waals surface area contributed by atoms with Crippen LogP contribution in [0.15, 0.2) is 144 Å². The number of fused-ring (bicyclic) bond motifs is 6. The summed E-state index contributed by atoms with van der Waals surface area (Å²) in [6, 6.07) is 34.5. The van der Waals surface area contributed by atoms with Crippen LogP contribution in [0.5, 0.6) is 0 Å². The molecule has 4 aliphatic rings. The van der Waals surface area contributed by atoms with E-state index in [2.05, 4.69) is 109 Å². The third kappa shape index (κ3) is 3.30. The maximum Gasteiger partial charge on any atom is 0.138 e. The molecule has 1 N–H and O–H groups in total. The Morgan fingerprint density at radius 3 is 1.49 bits per heavy atom. The predicted octanol–water partition coefficient (Wildman–Crippen LogP) is 9.01. The van der Waals surface area contributed by atoms with Gasteiger partial charge in [-0.3, -0.25) is 0 Å². The van der Waals surface area contributed by atoms with Crippen LogP contribution in [0.2, 0.25) is 0 Å². The monoisotopic (exact) mass is 502 g/mol. The molecular formula is C38H30O. The van der Waals surface area contributed by atoms with Gasteiger partial charge in [-0.2, -0.15) is 0 Å². The molecule has 0 atom stereocenters. The van der Waals surface area contributed by atoms with Gasteiger partial charge < -0.3 is 5.11 Å². The van der Waals surface area contributed by atoms with E-state index in [1.807, 2.05) is 12.1 Å². The summed E-state index contributed by atoms with van der Waals surface area (Å²) < 4.78 is 0. The smallest absolute Gasteiger partial charge is 0.138 e. The largest absolute Gasteiger partial charge is 0.376 e. The SMILES string of the molecule is OC1(C2=CC=C(C3=CC=C(C4c5ccccc5-c5ccccc54)CC3)CC2)c2ccccc2-c2ccccc21. The van der Waals surface area contributed by atoms with E-state index in [0.717, 1.165) is 53.5 Å². The Hall–Kier alpha value is -4.20. The molecule has 0 aromatic heterocycles. The Morgan fingerprint density at radius 2 is 0.974 bits per heavy atom. The van der Waals surface area contributed by atoms with Gasteiger partial charge in [0.25, 0.3) is 0 Å². The molecule has 0 amide bonds. The van der Waals surface area contributed by atoms with Crippen LogP contribution in [0.1, 0.15) is 53.9 Å². The van der Waals surface area contributed by atoms with Crippen LogP contribution in [0.4, 0.5) is 0 Å². The van der Waals surface area contributed by atoms with E-state index in [4.69, 9.17) is 0 Å². The average molecular weight is 503 g/mol. The summed E-state index contributed by atoms with van der Waals surface area (Å²) in [5.74, 6) is 0.360. The van der Waals surface area contributed by atoms with Crippen molar-refractivity contribution in [3.8, 4) is 22.3 Å². The van der Waals surface area contributed by atoms with Gasteiger partial charge >= 0.3 is 0 Å². The molecule has 0 heterocycles. The maximum absolute atomic E-state index is 12.2. The van der Waals surface area contributed by atoms with Crippen molar-refractivity contribution in [1.29, 1.82) is 0 Å². The standard InChI is InChI=1S/C38H30O/c39-38(35-15-7-5-11-31(35)32-12-6-8-16-36(32)38)28-23-21-26(22-24-28)25-17-19-27(20-18-25)37-33-13-3-1-9-29(33)30-10-2-4-14-34(30)37/h1-17,19,21,23,37,39H,18,20,22,24H2. The van der Waals surface area contributed by atoms with Crippen LogP contribution in [0.3, 0.4) is 0 Å². The molecule has 0 saturated heterocycles. The highest BCUT2D eigenvalue weighted by molar-refractivity contribution is 5.82. The highest BCUT2D eigenvalue weighted by Gasteiger charge is 2.44. The predicted molar refractivity (Wildman–Crippen MR) is 159 cm³/mol. The maximum atomic E-state index is 12.2. The summed E-state index contributed by atoms with van der Waals surface area (Å²) in [6.45, 7) is 0. The van der Waals surface area contributed by atoms with Crippen molar-refractivity contribution < 1.29 is 5.11 Å². The highest BCUT2D eigenvalue weighted by Crippen LogP contribution is 2.53. The third-order valence-electron chi connectivity index (χ3n) is 9.34. The van der Waals surface area contributed by atoms with Gasteiger partial charge in [-0.05, 0) is 75.8 Å². The van der Waals surface area contributed by atoms with Crippen LogP contribution >= 0.6 is 0 Å². The lowest BCUT2D eigenvalue weighted by Crippen LogP contribution is -2.28. The quantitative estimate of drug-likeness (QED) is 0.296. The van der Waals surface area contributed by atoms with Gasteiger partial charge in [0.15, 0.2) is 0 Å². The van der Waals surface area contributed by atoms with E-state index in [1.165, 1.54) is 39.0 Å². The van der Waals surface area contributed by atoms with Crippen LogP contribution in [-0.4, -0.2) is 5.11 Å². The van der Waals surface area contributed by atoms with E-state index < -0.39 is 5.60 Å². The van der Waals surface area contributed by atoms with E-state index in [9.17, 15) is 5.11 Å². The van der Waals surface area contributed by atoms with Crippen molar-refractivity contribution in [3.63, 3.8) is 0 Å². The molecule has 39 heavy (non-hydrogen) atoms. The number of allylic oxidation sites excluding steroid dienone is 7. The number of hydrogen-bond acceptors (Lipinski definition) is 1. The second kappa shape index (κ2) is 8.66. The summed E-state index contributed by atoms with van der Waals surface area (Å²) in [5, 5.41) is 12.2. The van der Waals surface area contributed by atoms with Crippen molar-refractivity contribution in [3.05, 3.63) is 166 Å². The first-order valence-electron chi connectivity index (χ1n) is 14.1. The van der Waals surface area contributed by atoms with Crippen molar-refractivity contribution in [2.24, 2.45) is 0 Å². The van der Waals surface area contributed by atoms with Gasteiger partial charge in [0, 0.05) is 17.0 Å². The van der Waals surface area contributed by atoms with Crippen molar-refractivity contribution in [2.45, 2.75) is 37.2 Å². The van der Waals surface area contributed by atoms with E-state index in [0.29, 0.717) is 5.92 Å². The Bertz CT molecular complexity index is 1680. The average Bonchev–Trinajstić information content (AvgIpc) is 3.48. The Morgan fingerprint density at radius 1 is 0.487 bits per heavy atom. The van der Waals surface area contributed by atoms with Gasteiger partial charge in [0.1, 0.15) is 5.60 Å². The first-order chi connectivity index (χ1) is 19.2. The van der Waals surface area contributed by atoms with Crippen LogP contribution in [0, 0.1) is 0 Å². The summed E-state index contributed by atoms with van der Waals surface area (Å²) in [7, 11) is 0. The Kier molecular flexibility index (Phi) is 5.05. The minimum Gasteiger partial charge on any atom is -0.376 e. The normalized spacial score (nSPS) is 18.7. The van der Waals surface area contributed by atoms with Crippen molar-refractivity contribution in [2.75, 3.05) is 0 Å². The fraction of sp³-hybridized carbons (Fsp3) is 0.158. The van der Waals surface area contributed by atoms with E-state index in [1.54, 1.807) is 0 Å². The lowest BCUT2D eigenvalue weighted by atomic mass is 9.77. The van der Waals surface area contributed by atoms with Crippen LogP contribution in [-0.2, 0) is 5.60 Å². The molecule has 0 unspecified atom stereocenters. The number of hydrogen-bond donors (Lipinski definition) is 1. The summed E-state index contributed by atoms with van der Waals surface area (Å²) in [6.07, 6.45) is 13.2. The lowest BCUT2D eigenvalue weighted by Gasteiger charge is -2.32. The van der Waals surface area contributed by atoms with Gasteiger partial charge in [-0.1, -0.05) is 127 Å². The van der Waals surface area contributed by atoms with E-state index >= 15 is 0 Å². The summed E-state index contributed by atoms with van der Waals surface area (Å²) in [5.41, 5.74) is 14.4. The topological polar surface area (TPSA) is 20.2 Å². The van der Waals surface area contributed by atoms with Crippen LogP contribution < -0.4 is 0 Å². The zero-order valence-electron chi connectivity index (χ0n) is 21.9. The fourth-order valence-corrected chi connectivity index (χ4v) is 7.48. The highest BCUT2D eigenvalue weighted by atomic mass is 16.3. The van der Waals surface area contributed by atoms with Crippen molar-refractivity contribution in [1.82, 2.24) is 0 Å². The summed E-state index contributed by atoms with van der Waals surface area (Å²) >= 11 is 0. The molecule has 0 aliphatic heterocycles. The van der Waals surface area contributed by atoms with Gasteiger partial charge in [-0.25, -0.2) is 0 Å². The first kappa shape index (κ1) is 22.8. The van der Waals surface area contributed by atoms with Crippen molar-refractivity contribution >= 4 is 0 Å². The third-order valence-corrected chi connectivity index (χ3v) is 9.34. The second-order valence-electron chi connectivity index (χ2n) is 11.2. The Balaban J connectivity index is 1.12. The molecule has 188 valence electrons. The number of rotatable bonds is 3. The lowest BCUT2D eigenvalue weighted by molar-refractivity contribution is 0.121.